The summed E-state index contributed by atoms with van der Waals surface area (Å²) in [5.74, 6) is 1.35. The highest BCUT2D eigenvalue weighted by atomic mass is 32.1. The fraction of sp³-hybridized carbons (Fsp3) is 0.0714. The second-order valence-corrected chi connectivity index (χ2v) is 9.32. The minimum Gasteiger partial charge on any atom is -0.496 e. The summed E-state index contributed by atoms with van der Waals surface area (Å²) in [5.41, 5.74) is 5.15. The summed E-state index contributed by atoms with van der Waals surface area (Å²) in [5, 5.41) is 9.34. The van der Waals surface area contributed by atoms with E-state index in [-0.39, 0.29) is 5.56 Å². The van der Waals surface area contributed by atoms with Crippen LogP contribution in [0.15, 0.2) is 89.9 Å². The molecule has 0 aliphatic heterocycles. The normalized spacial score (nSPS) is 11.9. The molecule has 0 saturated carbocycles. The fourth-order valence-electron chi connectivity index (χ4n) is 4.14. The van der Waals surface area contributed by atoms with Crippen LogP contribution in [-0.2, 0) is 0 Å². The second-order valence-electron chi connectivity index (χ2n) is 8.31. The number of nitrogens with zero attached hydrogens (tertiary/aromatic N) is 5. The number of thiazole rings is 1. The SMILES string of the molecule is COc1ccc(-c2nn(-c3ccccc3)cc2C=c2sc3nc(-c4ccccc4)nn3c2=O)cc1C. The van der Waals surface area contributed by atoms with Gasteiger partial charge in [0, 0.05) is 22.9 Å². The molecule has 0 atom stereocenters. The van der Waals surface area contributed by atoms with E-state index >= 15 is 0 Å². The van der Waals surface area contributed by atoms with Crippen molar-refractivity contribution in [3.63, 3.8) is 0 Å². The number of ether oxygens (including phenoxy) is 1. The van der Waals surface area contributed by atoms with Gasteiger partial charge in [0.1, 0.15) is 11.4 Å². The van der Waals surface area contributed by atoms with Crippen molar-refractivity contribution in [3.05, 3.63) is 111 Å². The third-order valence-corrected chi connectivity index (χ3v) is 6.89. The molecule has 0 saturated heterocycles. The smallest absolute Gasteiger partial charge is 0.291 e. The van der Waals surface area contributed by atoms with E-state index in [2.05, 4.69) is 10.1 Å². The summed E-state index contributed by atoms with van der Waals surface area (Å²) < 4.78 is 9.18. The van der Waals surface area contributed by atoms with Crippen LogP contribution in [-0.4, -0.2) is 31.5 Å². The molecule has 7 nitrogen and oxygen atoms in total. The number of aryl methyl sites for hydroxylation is 1. The van der Waals surface area contributed by atoms with Crippen LogP contribution in [0.25, 0.3) is 39.4 Å². The van der Waals surface area contributed by atoms with E-state index in [9.17, 15) is 4.79 Å². The number of hydrogen-bond acceptors (Lipinski definition) is 6. The maximum Gasteiger partial charge on any atom is 0.291 e. The van der Waals surface area contributed by atoms with Gasteiger partial charge in [-0.25, -0.2) is 4.68 Å². The third kappa shape index (κ3) is 3.87. The zero-order valence-corrected chi connectivity index (χ0v) is 20.4. The molecule has 6 rings (SSSR count). The van der Waals surface area contributed by atoms with Crippen molar-refractivity contribution in [3.8, 4) is 34.1 Å². The van der Waals surface area contributed by atoms with E-state index in [1.807, 2.05) is 103 Å². The molecule has 6 aromatic rings. The topological polar surface area (TPSA) is 74.3 Å². The van der Waals surface area contributed by atoms with Gasteiger partial charge in [0.2, 0.25) is 4.96 Å². The summed E-state index contributed by atoms with van der Waals surface area (Å²) in [6, 6.07) is 25.5. The molecule has 0 unspecified atom stereocenters. The molecule has 0 aliphatic rings. The first kappa shape index (κ1) is 21.9. The average Bonchev–Trinajstić information content (AvgIpc) is 3.60. The van der Waals surface area contributed by atoms with Crippen LogP contribution < -0.4 is 14.8 Å². The van der Waals surface area contributed by atoms with Crippen LogP contribution >= 0.6 is 11.3 Å². The zero-order chi connectivity index (χ0) is 24.6. The Labute approximate surface area is 210 Å². The van der Waals surface area contributed by atoms with Crippen LogP contribution in [0.2, 0.25) is 0 Å². The molecule has 8 heteroatoms. The van der Waals surface area contributed by atoms with Crippen molar-refractivity contribution in [2.24, 2.45) is 0 Å². The summed E-state index contributed by atoms with van der Waals surface area (Å²) in [4.78, 5) is 18.4. The number of aromatic nitrogens is 5. The Kier molecular flexibility index (Phi) is 5.42. The number of rotatable bonds is 5. The van der Waals surface area contributed by atoms with E-state index in [0.29, 0.717) is 15.3 Å². The maximum atomic E-state index is 13.2. The van der Waals surface area contributed by atoms with E-state index in [1.165, 1.54) is 15.9 Å². The van der Waals surface area contributed by atoms with Crippen molar-refractivity contribution < 1.29 is 4.74 Å². The van der Waals surface area contributed by atoms with E-state index in [0.717, 1.165) is 39.4 Å². The molecular formula is C28H21N5O2S. The first-order valence-electron chi connectivity index (χ1n) is 11.4. The minimum absolute atomic E-state index is 0.200. The molecule has 0 amide bonds. The van der Waals surface area contributed by atoms with E-state index in [1.54, 1.807) is 7.11 Å². The van der Waals surface area contributed by atoms with Crippen LogP contribution in [0, 0.1) is 6.92 Å². The van der Waals surface area contributed by atoms with Gasteiger partial charge in [0.05, 0.1) is 17.3 Å². The van der Waals surface area contributed by atoms with Gasteiger partial charge in [0.25, 0.3) is 5.56 Å². The standard InChI is InChI=1S/C28H21N5O2S/c1-18-15-20(13-14-23(18)35-2)25-21(17-32(30-25)22-11-7-4-8-12-22)16-24-27(34)33-28(36-24)29-26(31-33)19-9-5-3-6-10-19/h3-17H,1-2H3. The molecule has 0 radical (unpaired) electrons. The van der Waals surface area contributed by atoms with Gasteiger partial charge >= 0.3 is 0 Å². The fourth-order valence-corrected chi connectivity index (χ4v) is 5.04. The van der Waals surface area contributed by atoms with Gasteiger partial charge < -0.3 is 4.74 Å². The molecule has 3 aromatic heterocycles. The first-order chi connectivity index (χ1) is 17.6. The highest BCUT2D eigenvalue weighted by Crippen LogP contribution is 2.29. The lowest BCUT2D eigenvalue weighted by Gasteiger charge is -2.06. The Balaban J connectivity index is 1.50. The Morgan fingerprint density at radius 1 is 0.917 bits per heavy atom. The van der Waals surface area contributed by atoms with E-state index < -0.39 is 0 Å². The highest BCUT2D eigenvalue weighted by molar-refractivity contribution is 7.15. The maximum absolute atomic E-state index is 13.2. The van der Waals surface area contributed by atoms with Crippen LogP contribution in [0.5, 0.6) is 5.75 Å². The predicted octanol–water partition coefficient (Wildman–Crippen LogP) is 4.54. The number of benzene rings is 3. The summed E-state index contributed by atoms with van der Waals surface area (Å²) in [6.45, 7) is 2.00. The lowest BCUT2D eigenvalue weighted by atomic mass is 10.0. The molecule has 36 heavy (non-hydrogen) atoms. The number of para-hydroxylation sites is 1. The summed E-state index contributed by atoms with van der Waals surface area (Å²) in [7, 11) is 1.66. The molecule has 0 spiro atoms. The molecule has 0 N–H and O–H groups in total. The number of fused-ring (bicyclic) bond motifs is 1. The largest absolute Gasteiger partial charge is 0.496 e. The lowest BCUT2D eigenvalue weighted by Crippen LogP contribution is -2.23. The van der Waals surface area contributed by atoms with Gasteiger partial charge in [-0.3, -0.25) is 4.79 Å². The number of methoxy groups -OCH3 is 1. The van der Waals surface area contributed by atoms with Crippen molar-refractivity contribution in [1.82, 2.24) is 24.4 Å². The first-order valence-corrected chi connectivity index (χ1v) is 12.2. The van der Waals surface area contributed by atoms with Gasteiger partial charge in [0.15, 0.2) is 5.82 Å². The van der Waals surface area contributed by atoms with Gasteiger partial charge in [-0.2, -0.15) is 14.6 Å². The highest BCUT2D eigenvalue weighted by Gasteiger charge is 2.15. The van der Waals surface area contributed by atoms with Crippen LogP contribution in [0.1, 0.15) is 11.1 Å². The molecule has 0 fully saturated rings. The average molecular weight is 492 g/mol. The molecule has 3 aromatic carbocycles. The molecule has 176 valence electrons. The minimum atomic E-state index is -0.200. The molecule has 3 heterocycles. The molecular weight excluding hydrogens is 470 g/mol. The van der Waals surface area contributed by atoms with Crippen LogP contribution in [0.4, 0.5) is 0 Å². The lowest BCUT2D eigenvalue weighted by molar-refractivity contribution is 0.412. The van der Waals surface area contributed by atoms with Gasteiger partial charge in [-0.15, -0.1) is 5.10 Å². The van der Waals surface area contributed by atoms with Gasteiger partial charge in [-0.05, 0) is 48.9 Å². The van der Waals surface area contributed by atoms with Crippen molar-refractivity contribution in [1.29, 1.82) is 0 Å². The molecule has 0 bridgehead atoms. The van der Waals surface area contributed by atoms with Crippen molar-refractivity contribution in [2.45, 2.75) is 6.92 Å². The quantitative estimate of drug-likeness (QED) is 0.354. The Morgan fingerprint density at radius 3 is 2.36 bits per heavy atom. The Bertz CT molecular complexity index is 1800. The van der Waals surface area contributed by atoms with E-state index in [4.69, 9.17) is 9.84 Å². The summed E-state index contributed by atoms with van der Waals surface area (Å²) in [6.07, 6.45) is 3.81. The zero-order valence-electron chi connectivity index (χ0n) is 19.6. The summed E-state index contributed by atoms with van der Waals surface area (Å²) >= 11 is 1.32. The monoisotopic (exact) mass is 491 g/mol. The Morgan fingerprint density at radius 2 is 1.67 bits per heavy atom. The van der Waals surface area contributed by atoms with Gasteiger partial charge in [-0.1, -0.05) is 59.9 Å². The van der Waals surface area contributed by atoms with Crippen LogP contribution in [0.3, 0.4) is 0 Å². The Hall–Kier alpha value is -4.56. The predicted molar refractivity (Wildman–Crippen MR) is 142 cm³/mol. The van der Waals surface area contributed by atoms with Crippen molar-refractivity contribution in [2.75, 3.05) is 7.11 Å². The molecule has 0 aliphatic carbocycles. The number of hydrogen-bond donors (Lipinski definition) is 0. The van der Waals surface area contributed by atoms with Crippen molar-refractivity contribution >= 4 is 22.4 Å². The second kappa shape index (κ2) is 8.90. The third-order valence-electron chi connectivity index (χ3n) is 5.93.